The number of hydrogen-bond donors (Lipinski definition) is 2. The standard InChI is InChI=1S/C16H17NOS/c1-12-4-2-5-13(10-12)8-9-17-16(18)14-6-3-7-15(19)11-14/h2-7,10-11,19H,8-9H2,1H3,(H,17,18). The van der Waals surface area contributed by atoms with E-state index in [0.29, 0.717) is 12.1 Å². The lowest BCUT2D eigenvalue weighted by Gasteiger charge is -2.06. The molecule has 0 aromatic heterocycles. The van der Waals surface area contributed by atoms with E-state index in [1.54, 1.807) is 12.1 Å². The normalized spacial score (nSPS) is 10.2. The second kappa shape index (κ2) is 6.43. The van der Waals surface area contributed by atoms with Gasteiger partial charge >= 0.3 is 0 Å². The Labute approximate surface area is 119 Å². The van der Waals surface area contributed by atoms with Gasteiger partial charge in [-0.05, 0) is 37.1 Å². The average molecular weight is 271 g/mol. The van der Waals surface area contributed by atoms with E-state index in [-0.39, 0.29) is 5.91 Å². The maximum atomic E-state index is 11.9. The highest BCUT2D eigenvalue weighted by Crippen LogP contribution is 2.09. The molecule has 0 aliphatic heterocycles. The van der Waals surface area contributed by atoms with Crippen LogP contribution in [0.1, 0.15) is 21.5 Å². The van der Waals surface area contributed by atoms with Crippen molar-refractivity contribution in [3.63, 3.8) is 0 Å². The fourth-order valence-electron chi connectivity index (χ4n) is 1.94. The molecule has 2 nitrogen and oxygen atoms in total. The van der Waals surface area contributed by atoms with E-state index in [2.05, 4.69) is 43.1 Å². The predicted molar refractivity (Wildman–Crippen MR) is 80.9 cm³/mol. The fourth-order valence-corrected chi connectivity index (χ4v) is 2.16. The third kappa shape index (κ3) is 4.14. The van der Waals surface area contributed by atoms with Gasteiger partial charge in [0, 0.05) is 17.0 Å². The highest BCUT2D eigenvalue weighted by Gasteiger charge is 2.04. The van der Waals surface area contributed by atoms with Gasteiger partial charge in [0.15, 0.2) is 0 Å². The first kappa shape index (κ1) is 13.7. The van der Waals surface area contributed by atoms with Gasteiger partial charge in [-0.25, -0.2) is 0 Å². The van der Waals surface area contributed by atoms with Crippen LogP contribution in [0, 0.1) is 6.92 Å². The van der Waals surface area contributed by atoms with Crippen LogP contribution in [0.2, 0.25) is 0 Å². The van der Waals surface area contributed by atoms with Crippen LogP contribution in [-0.4, -0.2) is 12.5 Å². The van der Waals surface area contributed by atoms with Crippen molar-refractivity contribution in [3.05, 3.63) is 65.2 Å². The van der Waals surface area contributed by atoms with Gasteiger partial charge < -0.3 is 5.32 Å². The smallest absolute Gasteiger partial charge is 0.251 e. The molecule has 0 aliphatic rings. The van der Waals surface area contributed by atoms with E-state index in [0.717, 1.165) is 11.3 Å². The lowest BCUT2D eigenvalue weighted by Crippen LogP contribution is -2.25. The van der Waals surface area contributed by atoms with Crippen molar-refractivity contribution in [1.29, 1.82) is 0 Å². The first-order chi connectivity index (χ1) is 9.15. The number of carbonyl (C=O) groups excluding carboxylic acids is 1. The molecule has 0 fully saturated rings. The summed E-state index contributed by atoms with van der Waals surface area (Å²) in [4.78, 5) is 12.7. The van der Waals surface area contributed by atoms with Gasteiger partial charge in [0.05, 0.1) is 0 Å². The van der Waals surface area contributed by atoms with Crippen molar-refractivity contribution in [1.82, 2.24) is 5.32 Å². The molecule has 1 N–H and O–H groups in total. The summed E-state index contributed by atoms with van der Waals surface area (Å²) >= 11 is 4.23. The van der Waals surface area contributed by atoms with Crippen LogP contribution in [0.3, 0.4) is 0 Å². The molecule has 0 unspecified atom stereocenters. The van der Waals surface area contributed by atoms with Crippen molar-refractivity contribution in [3.8, 4) is 0 Å². The Balaban J connectivity index is 1.87. The fraction of sp³-hybridized carbons (Fsp3) is 0.188. The van der Waals surface area contributed by atoms with Crippen molar-refractivity contribution in [2.75, 3.05) is 6.54 Å². The molecule has 0 spiro atoms. The SMILES string of the molecule is Cc1cccc(CCNC(=O)c2cccc(S)c2)c1. The van der Waals surface area contributed by atoms with Crippen LogP contribution >= 0.6 is 12.6 Å². The topological polar surface area (TPSA) is 29.1 Å². The number of thiol groups is 1. The summed E-state index contributed by atoms with van der Waals surface area (Å²) in [5.41, 5.74) is 3.13. The second-order valence-corrected chi connectivity index (χ2v) is 5.06. The van der Waals surface area contributed by atoms with Crippen molar-refractivity contribution in [2.24, 2.45) is 0 Å². The molecule has 0 aliphatic carbocycles. The van der Waals surface area contributed by atoms with Gasteiger partial charge in [-0.1, -0.05) is 35.9 Å². The molecule has 1 amide bonds. The molecule has 19 heavy (non-hydrogen) atoms. The number of hydrogen-bond acceptors (Lipinski definition) is 2. The monoisotopic (exact) mass is 271 g/mol. The molecular formula is C16H17NOS. The zero-order valence-electron chi connectivity index (χ0n) is 10.9. The number of carbonyl (C=O) groups is 1. The maximum Gasteiger partial charge on any atom is 0.251 e. The van der Waals surface area contributed by atoms with Gasteiger partial charge in [-0.15, -0.1) is 12.6 Å². The Bertz CT molecular complexity index is 580. The summed E-state index contributed by atoms with van der Waals surface area (Å²) in [6.45, 7) is 2.71. The maximum absolute atomic E-state index is 11.9. The zero-order valence-corrected chi connectivity index (χ0v) is 11.8. The van der Waals surface area contributed by atoms with Crippen LogP contribution in [-0.2, 0) is 6.42 Å². The molecule has 0 atom stereocenters. The largest absolute Gasteiger partial charge is 0.352 e. The summed E-state index contributed by atoms with van der Waals surface area (Å²) in [6, 6.07) is 15.6. The Kier molecular flexibility index (Phi) is 4.63. The van der Waals surface area contributed by atoms with Crippen molar-refractivity contribution in [2.45, 2.75) is 18.2 Å². The molecular weight excluding hydrogens is 254 g/mol. The van der Waals surface area contributed by atoms with E-state index in [1.807, 2.05) is 18.2 Å². The summed E-state index contributed by atoms with van der Waals surface area (Å²) in [5, 5.41) is 2.92. The number of aryl methyl sites for hydroxylation is 1. The molecule has 98 valence electrons. The second-order valence-electron chi connectivity index (χ2n) is 4.55. The van der Waals surface area contributed by atoms with E-state index in [9.17, 15) is 4.79 Å². The van der Waals surface area contributed by atoms with Crippen molar-refractivity contribution < 1.29 is 4.79 Å². The van der Waals surface area contributed by atoms with E-state index < -0.39 is 0 Å². The summed E-state index contributed by atoms with van der Waals surface area (Å²) in [7, 11) is 0. The van der Waals surface area contributed by atoms with Crippen LogP contribution in [0.15, 0.2) is 53.4 Å². The first-order valence-electron chi connectivity index (χ1n) is 6.28. The first-order valence-corrected chi connectivity index (χ1v) is 6.72. The molecule has 0 heterocycles. The Morgan fingerprint density at radius 2 is 1.95 bits per heavy atom. The molecule has 2 rings (SSSR count). The summed E-state index contributed by atoms with van der Waals surface area (Å²) < 4.78 is 0. The van der Waals surface area contributed by atoms with Crippen molar-refractivity contribution >= 4 is 18.5 Å². The molecule has 0 bridgehead atoms. The summed E-state index contributed by atoms with van der Waals surface area (Å²) in [6.07, 6.45) is 0.841. The molecule has 2 aromatic rings. The van der Waals surface area contributed by atoms with Gasteiger partial charge in [0.25, 0.3) is 5.91 Å². The quantitative estimate of drug-likeness (QED) is 0.821. The number of nitrogens with one attached hydrogen (secondary N) is 1. The van der Waals surface area contributed by atoms with Gasteiger partial charge in [0.1, 0.15) is 0 Å². The minimum Gasteiger partial charge on any atom is -0.352 e. The van der Waals surface area contributed by atoms with Gasteiger partial charge in [-0.2, -0.15) is 0 Å². The van der Waals surface area contributed by atoms with E-state index in [1.165, 1.54) is 11.1 Å². The van der Waals surface area contributed by atoms with E-state index in [4.69, 9.17) is 0 Å². The van der Waals surface area contributed by atoms with E-state index >= 15 is 0 Å². The Morgan fingerprint density at radius 1 is 1.16 bits per heavy atom. The molecule has 0 saturated carbocycles. The van der Waals surface area contributed by atoms with Gasteiger partial charge in [0.2, 0.25) is 0 Å². The van der Waals surface area contributed by atoms with Gasteiger partial charge in [-0.3, -0.25) is 4.79 Å². The predicted octanol–water partition coefficient (Wildman–Crippen LogP) is 3.26. The third-order valence-electron chi connectivity index (χ3n) is 2.89. The molecule has 0 saturated heterocycles. The molecule has 2 aromatic carbocycles. The third-order valence-corrected chi connectivity index (χ3v) is 3.17. The lowest BCUT2D eigenvalue weighted by atomic mass is 10.1. The van der Waals surface area contributed by atoms with Crippen LogP contribution < -0.4 is 5.32 Å². The number of benzene rings is 2. The number of rotatable bonds is 4. The number of amides is 1. The lowest BCUT2D eigenvalue weighted by molar-refractivity contribution is 0.0954. The molecule has 3 heteroatoms. The van der Waals surface area contributed by atoms with Crippen LogP contribution in [0.4, 0.5) is 0 Å². The summed E-state index contributed by atoms with van der Waals surface area (Å²) in [5.74, 6) is -0.0523. The Morgan fingerprint density at radius 3 is 2.68 bits per heavy atom. The average Bonchev–Trinajstić information content (AvgIpc) is 2.38. The van der Waals surface area contributed by atoms with Crippen LogP contribution in [0.25, 0.3) is 0 Å². The Hall–Kier alpha value is -1.74. The highest BCUT2D eigenvalue weighted by atomic mass is 32.1. The zero-order chi connectivity index (χ0) is 13.7. The molecule has 0 radical (unpaired) electrons. The van der Waals surface area contributed by atoms with Crippen LogP contribution in [0.5, 0.6) is 0 Å². The minimum absolute atomic E-state index is 0.0523. The highest BCUT2D eigenvalue weighted by molar-refractivity contribution is 7.80. The minimum atomic E-state index is -0.0523.